The van der Waals surface area contributed by atoms with Gasteiger partial charge in [0.25, 0.3) is 0 Å². The summed E-state index contributed by atoms with van der Waals surface area (Å²) in [6.45, 7) is 21.1. The third-order valence-electron chi connectivity index (χ3n) is 18.5. The lowest BCUT2D eigenvalue weighted by Gasteiger charge is -2.34. The number of rotatable bonds is 20. The molecule has 3 aliphatic rings. The number of pyridine rings is 3. The molecule has 7 N–H and O–H groups in total. The number of hydrogen-bond donors (Lipinski definition) is 4. The first-order valence-electron chi connectivity index (χ1n) is 33.4. The summed E-state index contributed by atoms with van der Waals surface area (Å²) in [6, 6.07) is 14.6. The van der Waals surface area contributed by atoms with Crippen molar-refractivity contribution in [2.45, 2.75) is 129 Å². The largest absolute Gasteiger partial charge is 0.482 e. The van der Waals surface area contributed by atoms with Gasteiger partial charge in [0, 0.05) is 135 Å². The Morgan fingerprint density at radius 1 is 0.535 bits per heavy atom. The van der Waals surface area contributed by atoms with E-state index in [1.807, 2.05) is 54.1 Å². The van der Waals surface area contributed by atoms with Gasteiger partial charge in [-0.1, -0.05) is 69.6 Å². The number of anilines is 3. The van der Waals surface area contributed by atoms with Gasteiger partial charge >= 0.3 is 0 Å². The number of nitrogen functional groups attached to an aromatic ring is 3. The number of nitrogens with one attached hydrogen (secondary N) is 1. The van der Waals surface area contributed by atoms with Gasteiger partial charge in [-0.2, -0.15) is 15.3 Å². The van der Waals surface area contributed by atoms with E-state index in [2.05, 4.69) is 71.2 Å². The number of amides is 1. The van der Waals surface area contributed by atoms with Crippen LogP contribution in [-0.4, -0.2) is 130 Å². The number of aromatic nitrogens is 9. The predicted molar refractivity (Wildman–Crippen MR) is 395 cm³/mol. The van der Waals surface area contributed by atoms with Crippen LogP contribution in [0.2, 0.25) is 30.1 Å². The molecule has 0 radical (unpaired) electrons. The van der Waals surface area contributed by atoms with Gasteiger partial charge in [0.1, 0.15) is 41.3 Å². The maximum atomic E-state index is 14.0. The molecular formula is C72H83Cl6F3N16O4. The molecule has 9 heterocycles. The second-order valence-corrected chi connectivity index (χ2v) is 28.6. The lowest BCUT2D eigenvalue weighted by molar-refractivity contribution is -0.128. The van der Waals surface area contributed by atoms with E-state index in [9.17, 15) is 18.0 Å². The Morgan fingerprint density at radius 3 is 1.29 bits per heavy atom. The van der Waals surface area contributed by atoms with Crippen LogP contribution < -0.4 is 36.7 Å². The summed E-state index contributed by atoms with van der Waals surface area (Å²) < 4.78 is 65.5. The number of hydrogen-bond acceptors (Lipinski definition) is 16. The Balaban J connectivity index is 0.000000164. The fraction of sp³-hybridized carbons (Fsp3) is 0.403. The van der Waals surface area contributed by atoms with E-state index < -0.39 is 41.3 Å². The van der Waals surface area contributed by atoms with Crippen LogP contribution in [0.5, 0.6) is 17.2 Å². The molecule has 6 aromatic heterocycles. The van der Waals surface area contributed by atoms with Gasteiger partial charge in [-0.15, -0.1) is 0 Å². The lowest BCUT2D eigenvalue weighted by atomic mass is 10.0. The van der Waals surface area contributed by atoms with Crippen molar-refractivity contribution >= 4 is 93.0 Å². The summed E-state index contributed by atoms with van der Waals surface area (Å²) in [6.07, 6.45) is 20.9. The summed E-state index contributed by atoms with van der Waals surface area (Å²) in [4.78, 5) is 32.9. The predicted octanol–water partition coefficient (Wildman–Crippen LogP) is 16.6. The third-order valence-corrected chi connectivity index (χ3v) is 20.6. The Kier molecular flexibility index (Phi) is 25.4. The van der Waals surface area contributed by atoms with E-state index in [1.54, 1.807) is 68.6 Å². The highest BCUT2D eigenvalue weighted by Gasteiger charge is 2.32. The Labute approximate surface area is 616 Å². The van der Waals surface area contributed by atoms with Crippen molar-refractivity contribution < 1.29 is 32.2 Å². The number of likely N-dealkylation sites (tertiary alicyclic amines) is 3. The van der Waals surface area contributed by atoms with Gasteiger partial charge < -0.3 is 51.4 Å². The molecule has 0 aliphatic carbocycles. The van der Waals surface area contributed by atoms with Crippen molar-refractivity contribution in [2.75, 3.05) is 76.6 Å². The van der Waals surface area contributed by atoms with Crippen LogP contribution in [0.1, 0.15) is 134 Å². The van der Waals surface area contributed by atoms with Crippen LogP contribution in [0.4, 0.5) is 30.6 Å². The van der Waals surface area contributed by atoms with Crippen LogP contribution in [0.25, 0.3) is 33.4 Å². The molecule has 3 atom stereocenters. The number of carbonyl (C=O) groups is 1. The first-order valence-corrected chi connectivity index (χ1v) is 35.7. The molecule has 29 heteroatoms. The average Bonchev–Trinajstić information content (AvgIpc) is 1.79. The zero-order valence-corrected chi connectivity index (χ0v) is 61.9. The van der Waals surface area contributed by atoms with E-state index in [0.717, 1.165) is 99.3 Å². The van der Waals surface area contributed by atoms with Crippen molar-refractivity contribution in [3.05, 3.63) is 175 Å². The van der Waals surface area contributed by atoms with E-state index in [-0.39, 0.29) is 49.2 Å². The standard InChI is InChI=1S/C26H31Cl2FN6O2.C24H28Cl2FN5O.C22H24Cl2FN5O/c1-16(22-19(27)6-7-20(29)23(22)28)37-21-12-17(13-32-24(21)30)18-14-33-35(15-18)26(2,3)25(36)31-8-11-34-9-4-5-10-34;1-14(2)31-8-6-18(7-9-31)32-13-17(12-30-32)16-10-21(24(28)29-11-16)33-15(3)22-19(25)4-5-20(27)23(22)26;1-13(20-17(23)3-4-18(25)21(20)24)31-19-9-14(10-27-22(19)26)15-11-28-30(12-15)16-5-7-29(2)8-6-16/h6-7,12-16H,4-5,8-11H2,1-3H3,(H2,30,32)(H,31,36);4-5,10-15,18H,6-9H2,1-3H3,(H2,28,29);3-4,9-13,16H,5-8H2,1-2H3,(H2,26,27). The van der Waals surface area contributed by atoms with Crippen molar-refractivity contribution in [3.8, 4) is 50.6 Å². The molecule has 3 saturated heterocycles. The van der Waals surface area contributed by atoms with E-state index in [4.69, 9.17) is 101 Å². The lowest BCUT2D eigenvalue weighted by Crippen LogP contribution is -2.46. The molecule has 3 unspecified atom stereocenters. The molecule has 9 aromatic rings. The zero-order valence-electron chi connectivity index (χ0n) is 57.4. The monoisotopic (exact) mass is 1500 g/mol. The second kappa shape index (κ2) is 33.7. The molecule has 3 aliphatic heterocycles. The van der Waals surface area contributed by atoms with Gasteiger partial charge in [0.15, 0.2) is 34.7 Å². The Bertz CT molecular complexity index is 4350. The number of piperidine rings is 2. The van der Waals surface area contributed by atoms with Crippen molar-refractivity contribution in [2.24, 2.45) is 0 Å². The summed E-state index contributed by atoms with van der Waals surface area (Å²) >= 11 is 37.1. The van der Waals surface area contributed by atoms with Crippen molar-refractivity contribution in [1.82, 2.24) is 64.3 Å². The molecule has 1 amide bonds. The molecule has 20 nitrogen and oxygen atoms in total. The first kappa shape index (κ1) is 76.1. The summed E-state index contributed by atoms with van der Waals surface area (Å²) in [5, 5.41) is 17.3. The van der Waals surface area contributed by atoms with Crippen LogP contribution >= 0.6 is 69.6 Å². The second-order valence-electron chi connectivity index (χ2n) is 26.2. The number of halogens is 9. The van der Waals surface area contributed by atoms with Crippen LogP contribution in [0, 0.1) is 17.5 Å². The quantitative estimate of drug-likeness (QED) is 0.0519. The normalized spacial score (nSPS) is 15.9. The minimum atomic E-state index is -0.900. The average molecular weight is 1510 g/mol. The maximum Gasteiger partial charge on any atom is 0.247 e. The molecule has 101 heavy (non-hydrogen) atoms. The van der Waals surface area contributed by atoms with E-state index >= 15 is 0 Å². The number of ether oxygens (including phenoxy) is 3. The molecular weight excluding hydrogens is 1420 g/mol. The Morgan fingerprint density at radius 2 is 0.901 bits per heavy atom. The summed E-state index contributed by atoms with van der Waals surface area (Å²) in [7, 11) is 2.14. The zero-order chi connectivity index (χ0) is 72.6. The molecule has 0 saturated carbocycles. The molecule has 3 fully saturated rings. The molecule has 538 valence electrons. The minimum absolute atomic E-state index is 0.0672. The fourth-order valence-electron chi connectivity index (χ4n) is 12.3. The molecule has 12 rings (SSSR count). The van der Waals surface area contributed by atoms with Crippen LogP contribution in [0.3, 0.4) is 0 Å². The first-order chi connectivity index (χ1) is 48.1. The third kappa shape index (κ3) is 18.4. The van der Waals surface area contributed by atoms with E-state index in [1.165, 1.54) is 49.2 Å². The highest BCUT2D eigenvalue weighted by atomic mass is 35.5. The van der Waals surface area contributed by atoms with Crippen molar-refractivity contribution in [3.63, 3.8) is 0 Å². The van der Waals surface area contributed by atoms with Gasteiger partial charge in [-0.25, -0.2) is 28.1 Å². The van der Waals surface area contributed by atoms with Gasteiger partial charge in [-0.05, 0) is 175 Å². The Hall–Kier alpha value is -7.58. The molecule has 3 aromatic carbocycles. The molecule has 0 bridgehead atoms. The number of nitrogens with two attached hydrogens (primary N) is 3. The van der Waals surface area contributed by atoms with Gasteiger partial charge in [0.2, 0.25) is 5.91 Å². The summed E-state index contributed by atoms with van der Waals surface area (Å²) in [5.41, 5.74) is 23.2. The van der Waals surface area contributed by atoms with Gasteiger partial charge in [0.05, 0.1) is 45.7 Å². The van der Waals surface area contributed by atoms with Crippen molar-refractivity contribution in [1.29, 1.82) is 0 Å². The van der Waals surface area contributed by atoms with Crippen LogP contribution in [0.15, 0.2) is 110 Å². The minimum Gasteiger partial charge on any atom is -0.482 e. The number of nitrogens with zero attached hydrogens (tertiary/aromatic N) is 12. The SMILES string of the molecule is CC(Oc1cc(-c2cnn(C(C)(C)C(=O)NCCN3CCCC3)c2)cnc1N)c1c(Cl)ccc(F)c1Cl.CC(Oc1cc(-c2cnn(C3CCN(C(C)C)CC3)c2)cnc1N)c1c(Cl)ccc(F)c1Cl.CC(Oc1cc(-c2cnn(C3CCN(C)CC3)c2)cnc1N)c1c(Cl)ccc(F)c1Cl. The topological polar surface area (TPSA) is 237 Å². The fourth-order valence-corrected chi connectivity index (χ4v) is 14.4. The number of benzene rings is 3. The molecule has 0 spiro atoms. The maximum absolute atomic E-state index is 14.0. The van der Waals surface area contributed by atoms with E-state index in [0.29, 0.717) is 68.5 Å². The highest BCUT2D eigenvalue weighted by Crippen LogP contribution is 2.42. The van der Waals surface area contributed by atoms with Crippen LogP contribution in [-0.2, 0) is 10.3 Å². The highest BCUT2D eigenvalue weighted by molar-refractivity contribution is 6.37. The number of carbonyl (C=O) groups excluding carboxylic acids is 1. The smallest absolute Gasteiger partial charge is 0.247 e. The summed E-state index contributed by atoms with van der Waals surface area (Å²) in [5.74, 6) is -0.189. The van der Waals surface area contributed by atoms with Gasteiger partial charge in [-0.3, -0.25) is 18.8 Å².